The molecule has 1 heterocycles. The zero-order chi connectivity index (χ0) is 11.4. The molecule has 2 rings (SSSR count). The summed E-state index contributed by atoms with van der Waals surface area (Å²) in [5.41, 5.74) is 0.00431. The van der Waals surface area contributed by atoms with Gasteiger partial charge in [-0.3, -0.25) is 4.79 Å². The molecule has 1 aliphatic carbocycles. The Kier molecular flexibility index (Phi) is 3.85. The van der Waals surface area contributed by atoms with Gasteiger partial charge in [0.1, 0.15) is 0 Å². The summed E-state index contributed by atoms with van der Waals surface area (Å²) in [6.45, 7) is 6.06. The number of carbonyl (C=O) groups is 1. The lowest BCUT2D eigenvalue weighted by molar-refractivity contribution is -0.142. The normalized spacial score (nSPS) is 25.4. The van der Waals surface area contributed by atoms with Crippen LogP contribution in [0.4, 0.5) is 0 Å². The monoisotopic (exact) mass is 224 g/mol. The number of hydrogen-bond donors (Lipinski definition) is 1. The lowest BCUT2D eigenvalue weighted by Gasteiger charge is -2.33. The van der Waals surface area contributed by atoms with E-state index in [0.717, 1.165) is 51.9 Å². The van der Waals surface area contributed by atoms with Crippen molar-refractivity contribution in [3.63, 3.8) is 0 Å². The van der Waals surface area contributed by atoms with Gasteiger partial charge in [-0.25, -0.2) is 0 Å². The molecule has 3 heteroatoms. The van der Waals surface area contributed by atoms with Crippen LogP contribution in [0, 0.1) is 5.41 Å². The standard InChI is InChI=1S/C13H24N2O/c1-2-13(6-3-4-7-13)12(16)15-10-5-8-14-9-11-15/h14H,2-11H2,1H3. The predicted octanol–water partition coefficient (Wildman–Crippen LogP) is 1.78. The van der Waals surface area contributed by atoms with Crippen molar-refractivity contribution >= 4 is 5.91 Å². The molecule has 2 aliphatic rings. The first kappa shape index (κ1) is 11.9. The fourth-order valence-corrected chi connectivity index (χ4v) is 3.15. The number of carbonyl (C=O) groups excluding carboxylic acids is 1. The fourth-order valence-electron chi connectivity index (χ4n) is 3.15. The van der Waals surface area contributed by atoms with Crippen LogP contribution in [0.5, 0.6) is 0 Å². The van der Waals surface area contributed by atoms with E-state index in [4.69, 9.17) is 0 Å². The Balaban J connectivity index is 2.03. The van der Waals surface area contributed by atoms with Crippen LogP contribution in [0.1, 0.15) is 45.4 Å². The number of amides is 1. The van der Waals surface area contributed by atoms with E-state index in [1.165, 1.54) is 12.8 Å². The molecule has 0 atom stereocenters. The molecule has 0 unspecified atom stereocenters. The van der Waals surface area contributed by atoms with Crippen molar-refractivity contribution in [2.24, 2.45) is 5.41 Å². The van der Waals surface area contributed by atoms with Crippen molar-refractivity contribution in [1.29, 1.82) is 0 Å². The molecular weight excluding hydrogens is 200 g/mol. The summed E-state index contributed by atoms with van der Waals surface area (Å²) < 4.78 is 0. The van der Waals surface area contributed by atoms with Gasteiger partial charge < -0.3 is 10.2 Å². The van der Waals surface area contributed by atoms with Crippen LogP contribution in [-0.2, 0) is 4.79 Å². The summed E-state index contributed by atoms with van der Waals surface area (Å²) in [6, 6.07) is 0. The molecule has 92 valence electrons. The first-order chi connectivity index (χ1) is 7.78. The Morgan fingerprint density at radius 3 is 2.62 bits per heavy atom. The van der Waals surface area contributed by atoms with Crippen LogP contribution in [0.3, 0.4) is 0 Å². The van der Waals surface area contributed by atoms with E-state index in [-0.39, 0.29) is 5.41 Å². The molecule has 16 heavy (non-hydrogen) atoms. The topological polar surface area (TPSA) is 32.3 Å². The summed E-state index contributed by atoms with van der Waals surface area (Å²) in [6.07, 6.45) is 6.84. The van der Waals surface area contributed by atoms with Gasteiger partial charge in [0, 0.05) is 25.0 Å². The molecule has 1 amide bonds. The smallest absolute Gasteiger partial charge is 0.228 e. The van der Waals surface area contributed by atoms with E-state index in [1.807, 2.05) is 0 Å². The second-order valence-corrected chi connectivity index (χ2v) is 5.24. The van der Waals surface area contributed by atoms with Gasteiger partial charge in [0.15, 0.2) is 0 Å². The number of nitrogens with zero attached hydrogens (tertiary/aromatic N) is 1. The molecular formula is C13H24N2O. The highest BCUT2D eigenvalue weighted by atomic mass is 16.2. The summed E-state index contributed by atoms with van der Waals surface area (Å²) in [4.78, 5) is 14.7. The Hall–Kier alpha value is -0.570. The van der Waals surface area contributed by atoms with Crippen LogP contribution in [-0.4, -0.2) is 37.0 Å². The zero-order valence-corrected chi connectivity index (χ0v) is 10.4. The predicted molar refractivity (Wildman–Crippen MR) is 65.3 cm³/mol. The lowest BCUT2D eigenvalue weighted by Crippen LogP contribution is -2.44. The van der Waals surface area contributed by atoms with Gasteiger partial charge in [-0.05, 0) is 32.2 Å². The van der Waals surface area contributed by atoms with Crippen LogP contribution in [0.15, 0.2) is 0 Å². The van der Waals surface area contributed by atoms with Gasteiger partial charge in [0.2, 0.25) is 5.91 Å². The van der Waals surface area contributed by atoms with Crippen molar-refractivity contribution < 1.29 is 4.79 Å². The third kappa shape index (κ3) is 2.24. The van der Waals surface area contributed by atoms with Gasteiger partial charge in [-0.1, -0.05) is 19.8 Å². The highest BCUT2D eigenvalue weighted by molar-refractivity contribution is 5.83. The van der Waals surface area contributed by atoms with Crippen molar-refractivity contribution in [2.45, 2.75) is 45.4 Å². The van der Waals surface area contributed by atoms with Crippen molar-refractivity contribution in [1.82, 2.24) is 10.2 Å². The Morgan fingerprint density at radius 1 is 1.19 bits per heavy atom. The first-order valence-corrected chi connectivity index (χ1v) is 6.79. The zero-order valence-electron chi connectivity index (χ0n) is 10.4. The van der Waals surface area contributed by atoms with Crippen LogP contribution in [0.2, 0.25) is 0 Å². The molecule has 1 saturated heterocycles. The van der Waals surface area contributed by atoms with Crippen molar-refractivity contribution in [2.75, 3.05) is 26.2 Å². The second-order valence-electron chi connectivity index (χ2n) is 5.24. The summed E-state index contributed by atoms with van der Waals surface area (Å²) >= 11 is 0. The molecule has 2 fully saturated rings. The van der Waals surface area contributed by atoms with E-state index < -0.39 is 0 Å². The SMILES string of the molecule is CCC1(C(=O)N2CCCNCC2)CCCC1. The Bertz CT molecular complexity index is 238. The molecule has 0 radical (unpaired) electrons. The number of rotatable bonds is 2. The van der Waals surface area contributed by atoms with Gasteiger partial charge in [0.25, 0.3) is 0 Å². The Morgan fingerprint density at radius 2 is 1.94 bits per heavy atom. The minimum absolute atomic E-state index is 0.00431. The molecule has 0 spiro atoms. The largest absolute Gasteiger partial charge is 0.341 e. The third-order valence-corrected chi connectivity index (χ3v) is 4.32. The summed E-state index contributed by atoms with van der Waals surface area (Å²) in [7, 11) is 0. The van der Waals surface area contributed by atoms with E-state index in [1.54, 1.807) is 0 Å². The van der Waals surface area contributed by atoms with E-state index in [2.05, 4.69) is 17.1 Å². The lowest BCUT2D eigenvalue weighted by atomic mass is 9.82. The minimum atomic E-state index is 0.00431. The third-order valence-electron chi connectivity index (χ3n) is 4.32. The van der Waals surface area contributed by atoms with Gasteiger partial charge in [0.05, 0.1) is 0 Å². The first-order valence-electron chi connectivity index (χ1n) is 6.79. The average molecular weight is 224 g/mol. The van der Waals surface area contributed by atoms with Crippen LogP contribution in [0.25, 0.3) is 0 Å². The maximum Gasteiger partial charge on any atom is 0.228 e. The molecule has 3 nitrogen and oxygen atoms in total. The maximum atomic E-state index is 12.6. The molecule has 1 saturated carbocycles. The molecule has 0 bridgehead atoms. The number of hydrogen-bond acceptors (Lipinski definition) is 2. The average Bonchev–Trinajstić information content (AvgIpc) is 2.64. The number of nitrogens with one attached hydrogen (secondary N) is 1. The molecule has 0 aromatic heterocycles. The summed E-state index contributed by atoms with van der Waals surface area (Å²) in [5.74, 6) is 0.441. The van der Waals surface area contributed by atoms with Crippen LogP contribution < -0.4 is 5.32 Å². The quantitative estimate of drug-likeness (QED) is 0.775. The Labute approximate surface area is 98.6 Å². The van der Waals surface area contributed by atoms with Gasteiger partial charge in [-0.2, -0.15) is 0 Å². The van der Waals surface area contributed by atoms with E-state index in [0.29, 0.717) is 5.91 Å². The molecule has 1 N–H and O–H groups in total. The molecule has 0 aromatic rings. The van der Waals surface area contributed by atoms with Gasteiger partial charge in [-0.15, -0.1) is 0 Å². The van der Waals surface area contributed by atoms with E-state index >= 15 is 0 Å². The molecule has 1 aliphatic heterocycles. The highest BCUT2D eigenvalue weighted by Gasteiger charge is 2.41. The fraction of sp³-hybridized carbons (Fsp3) is 0.923. The summed E-state index contributed by atoms with van der Waals surface area (Å²) in [5, 5.41) is 3.36. The minimum Gasteiger partial charge on any atom is -0.341 e. The molecule has 0 aromatic carbocycles. The van der Waals surface area contributed by atoms with Crippen molar-refractivity contribution in [3.8, 4) is 0 Å². The van der Waals surface area contributed by atoms with Gasteiger partial charge >= 0.3 is 0 Å². The van der Waals surface area contributed by atoms with Crippen molar-refractivity contribution in [3.05, 3.63) is 0 Å². The highest BCUT2D eigenvalue weighted by Crippen LogP contribution is 2.42. The van der Waals surface area contributed by atoms with E-state index in [9.17, 15) is 4.79 Å². The maximum absolute atomic E-state index is 12.6. The van der Waals surface area contributed by atoms with Crippen LogP contribution >= 0.6 is 0 Å². The second kappa shape index (κ2) is 5.17.